The Morgan fingerprint density at radius 2 is 2.33 bits per heavy atom. The van der Waals surface area contributed by atoms with E-state index >= 15 is 0 Å². The SMILES string of the molecule is CNC1CCCN(CCC(=O)Nc2cccc(OC)c2)C1. The Morgan fingerprint density at radius 1 is 1.48 bits per heavy atom. The summed E-state index contributed by atoms with van der Waals surface area (Å²) in [5.41, 5.74) is 0.783. The molecule has 0 aromatic heterocycles. The molecule has 1 saturated heterocycles. The highest BCUT2D eigenvalue weighted by Gasteiger charge is 2.18. The van der Waals surface area contributed by atoms with Gasteiger partial charge in [-0.25, -0.2) is 0 Å². The molecule has 1 heterocycles. The van der Waals surface area contributed by atoms with Crippen molar-refractivity contribution in [3.8, 4) is 5.75 Å². The molecule has 5 heteroatoms. The number of benzene rings is 1. The predicted molar refractivity (Wildman–Crippen MR) is 84.8 cm³/mol. The maximum atomic E-state index is 12.0. The number of likely N-dealkylation sites (N-methyl/N-ethyl adjacent to an activating group) is 1. The van der Waals surface area contributed by atoms with Crippen LogP contribution in [0.2, 0.25) is 0 Å². The fraction of sp³-hybridized carbons (Fsp3) is 0.562. The number of ether oxygens (including phenoxy) is 1. The van der Waals surface area contributed by atoms with Gasteiger partial charge in [0.25, 0.3) is 0 Å². The van der Waals surface area contributed by atoms with E-state index in [1.54, 1.807) is 7.11 Å². The van der Waals surface area contributed by atoms with Gasteiger partial charge in [0.15, 0.2) is 0 Å². The van der Waals surface area contributed by atoms with Crippen molar-refractivity contribution in [2.75, 3.05) is 39.1 Å². The van der Waals surface area contributed by atoms with E-state index in [9.17, 15) is 4.79 Å². The number of rotatable bonds is 6. The highest BCUT2D eigenvalue weighted by molar-refractivity contribution is 5.91. The van der Waals surface area contributed by atoms with Gasteiger partial charge in [-0.3, -0.25) is 4.79 Å². The van der Waals surface area contributed by atoms with E-state index < -0.39 is 0 Å². The number of hydrogen-bond donors (Lipinski definition) is 2. The Bertz CT molecular complexity index is 465. The standard InChI is InChI=1S/C16H25N3O2/c1-17-14-6-4-9-19(12-14)10-8-16(20)18-13-5-3-7-15(11-13)21-2/h3,5,7,11,14,17H,4,6,8-10,12H2,1-2H3,(H,18,20). The zero-order valence-electron chi connectivity index (χ0n) is 12.9. The second-order valence-electron chi connectivity index (χ2n) is 5.46. The summed E-state index contributed by atoms with van der Waals surface area (Å²) < 4.78 is 5.15. The quantitative estimate of drug-likeness (QED) is 0.838. The lowest BCUT2D eigenvalue weighted by Gasteiger charge is -2.32. The smallest absolute Gasteiger partial charge is 0.225 e. The molecule has 5 nitrogen and oxygen atoms in total. The lowest BCUT2D eigenvalue weighted by atomic mass is 10.1. The number of hydrogen-bond acceptors (Lipinski definition) is 4. The average molecular weight is 291 g/mol. The summed E-state index contributed by atoms with van der Waals surface area (Å²) in [6.45, 7) is 2.93. The van der Waals surface area contributed by atoms with Gasteiger partial charge in [-0.15, -0.1) is 0 Å². The minimum Gasteiger partial charge on any atom is -0.497 e. The molecule has 0 bridgehead atoms. The number of piperidine rings is 1. The van der Waals surface area contributed by atoms with Crippen LogP contribution in [0.1, 0.15) is 19.3 Å². The van der Waals surface area contributed by atoms with E-state index in [0.29, 0.717) is 12.5 Å². The summed E-state index contributed by atoms with van der Waals surface area (Å²) in [6, 6.07) is 7.99. The summed E-state index contributed by atoms with van der Waals surface area (Å²) in [5.74, 6) is 0.801. The second-order valence-corrected chi connectivity index (χ2v) is 5.46. The van der Waals surface area contributed by atoms with Gasteiger partial charge < -0.3 is 20.3 Å². The molecule has 0 spiro atoms. The first-order chi connectivity index (χ1) is 10.2. The molecule has 0 saturated carbocycles. The molecule has 1 aliphatic rings. The van der Waals surface area contributed by atoms with Crippen molar-refractivity contribution in [1.29, 1.82) is 0 Å². The molecule has 21 heavy (non-hydrogen) atoms. The van der Waals surface area contributed by atoms with Gasteiger partial charge >= 0.3 is 0 Å². The molecule has 1 fully saturated rings. The minimum absolute atomic E-state index is 0.0508. The van der Waals surface area contributed by atoms with Crippen LogP contribution in [0.15, 0.2) is 24.3 Å². The molecule has 2 rings (SSSR count). The predicted octanol–water partition coefficient (Wildman–Crippen LogP) is 1.71. The highest BCUT2D eigenvalue weighted by Crippen LogP contribution is 2.17. The summed E-state index contributed by atoms with van der Waals surface area (Å²) in [6.07, 6.45) is 2.94. The van der Waals surface area contributed by atoms with Crippen LogP contribution >= 0.6 is 0 Å². The van der Waals surface area contributed by atoms with E-state index in [1.165, 1.54) is 12.8 Å². The monoisotopic (exact) mass is 291 g/mol. The van der Waals surface area contributed by atoms with Crippen molar-refractivity contribution < 1.29 is 9.53 Å². The Kier molecular flexibility index (Phi) is 6.02. The third kappa shape index (κ3) is 5.02. The number of carbonyl (C=O) groups excluding carboxylic acids is 1. The molecule has 1 unspecified atom stereocenters. The van der Waals surface area contributed by atoms with Crippen LogP contribution in [0.3, 0.4) is 0 Å². The maximum absolute atomic E-state index is 12.0. The van der Waals surface area contributed by atoms with Crippen molar-refractivity contribution >= 4 is 11.6 Å². The van der Waals surface area contributed by atoms with Gasteiger partial charge in [-0.1, -0.05) is 6.07 Å². The average Bonchev–Trinajstić information content (AvgIpc) is 2.53. The van der Waals surface area contributed by atoms with E-state index in [4.69, 9.17) is 4.74 Å². The molecule has 1 amide bonds. The summed E-state index contributed by atoms with van der Waals surface area (Å²) in [5, 5.41) is 6.24. The molecule has 1 aromatic carbocycles. The third-order valence-corrected chi connectivity index (χ3v) is 3.92. The van der Waals surface area contributed by atoms with Gasteiger partial charge in [0, 0.05) is 37.3 Å². The summed E-state index contributed by atoms with van der Waals surface area (Å²) in [4.78, 5) is 14.4. The van der Waals surface area contributed by atoms with E-state index in [1.807, 2.05) is 31.3 Å². The first-order valence-electron chi connectivity index (χ1n) is 7.55. The number of nitrogens with one attached hydrogen (secondary N) is 2. The zero-order valence-corrected chi connectivity index (χ0v) is 12.9. The Morgan fingerprint density at radius 3 is 3.10 bits per heavy atom. The van der Waals surface area contributed by atoms with Crippen molar-refractivity contribution in [2.24, 2.45) is 0 Å². The topological polar surface area (TPSA) is 53.6 Å². The van der Waals surface area contributed by atoms with Crippen molar-refractivity contribution in [3.05, 3.63) is 24.3 Å². The van der Waals surface area contributed by atoms with Crippen molar-refractivity contribution in [2.45, 2.75) is 25.3 Å². The molecule has 0 radical (unpaired) electrons. The number of nitrogens with zero attached hydrogens (tertiary/aromatic N) is 1. The largest absolute Gasteiger partial charge is 0.497 e. The van der Waals surface area contributed by atoms with Crippen LogP contribution in [0, 0.1) is 0 Å². The van der Waals surface area contributed by atoms with Crippen molar-refractivity contribution in [3.63, 3.8) is 0 Å². The van der Waals surface area contributed by atoms with Gasteiger partial charge in [0.1, 0.15) is 5.75 Å². The molecule has 1 atom stereocenters. The van der Waals surface area contributed by atoms with E-state index in [2.05, 4.69) is 15.5 Å². The Balaban J connectivity index is 1.76. The Labute approximate surface area is 126 Å². The van der Waals surface area contributed by atoms with Gasteiger partial charge in [-0.05, 0) is 38.6 Å². The molecule has 1 aromatic rings. The number of carbonyl (C=O) groups is 1. The summed E-state index contributed by atoms with van der Waals surface area (Å²) >= 11 is 0. The van der Waals surface area contributed by atoms with E-state index in [-0.39, 0.29) is 5.91 Å². The number of anilines is 1. The zero-order chi connectivity index (χ0) is 15.1. The normalized spacial score (nSPS) is 19.2. The fourth-order valence-corrected chi connectivity index (χ4v) is 2.68. The lowest BCUT2D eigenvalue weighted by molar-refractivity contribution is -0.116. The maximum Gasteiger partial charge on any atom is 0.225 e. The fourth-order valence-electron chi connectivity index (χ4n) is 2.68. The second kappa shape index (κ2) is 8.00. The van der Waals surface area contributed by atoms with Gasteiger partial charge in [-0.2, -0.15) is 0 Å². The number of likely N-dealkylation sites (tertiary alicyclic amines) is 1. The minimum atomic E-state index is 0.0508. The molecule has 116 valence electrons. The van der Waals surface area contributed by atoms with Crippen LogP contribution in [0.5, 0.6) is 5.75 Å². The van der Waals surface area contributed by atoms with Crippen molar-refractivity contribution in [1.82, 2.24) is 10.2 Å². The van der Waals surface area contributed by atoms with Crippen LogP contribution in [0.25, 0.3) is 0 Å². The molecule has 2 N–H and O–H groups in total. The van der Waals surface area contributed by atoms with E-state index in [0.717, 1.165) is 31.1 Å². The third-order valence-electron chi connectivity index (χ3n) is 3.92. The van der Waals surface area contributed by atoms with Gasteiger partial charge in [0.2, 0.25) is 5.91 Å². The lowest BCUT2D eigenvalue weighted by Crippen LogP contribution is -2.45. The number of methoxy groups -OCH3 is 1. The molecule has 0 aliphatic carbocycles. The first kappa shape index (κ1) is 15.8. The molecular weight excluding hydrogens is 266 g/mol. The van der Waals surface area contributed by atoms with Crippen LogP contribution in [-0.2, 0) is 4.79 Å². The molecule has 1 aliphatic heterocycles. The van der Waals surface area contributed by atoms with Gasteiger partial charge in [0.05, 0.1) is 7.11 Å². The van der Waals surface area contributed by atoms with Crippen LogP contribution < -0.4 is 15.4 Å². The number of amides is 1. The Hall–Kier alpha value is -1.59. The first-order valence-corrected chi connectivity index (χ1v) is 7.55. The highest BCUT2D eigenvalue weighted by atomic mass is 16.5. The summed E-state index contributed by atoms with van der Waals surface area (Å²) in [7, 11) is 3.62. The van der Waals surface area contributed by atoms with Crippen LogP contribution in [0.4, 0.5) is 5.69 Å². The molecular formula is C16H25N3O2. The van der Waals surface area contributed by atoms with Crippen LogP contribution in [-0.4, -0.2) is 50.6 Å².